The summed E-state index contributed by atoms with van der Waals surface area (Å²) in [6.45, 7) is 3.40. The fraction of sp³-hybridized carbons (Fsp3) is 0.148. The lowest BCUT2D eigenvalue weighted by Gasteiger charge is -2.13. The van der Waals surface area contributed by atoms with E-state index in [1.54, 1.807) is 17.3 Å². The molecule has 0 saturated carbocycles. The van der Waals surface area contributed by atoms with E-state index in [4.69, 9.17) is 12.2 Å². The highest BCUT2D eigenvalue weighted by Gasteiger charge is 2.32. The van der Waals surface area contributed by atoms with Crippen LogP contribution in [0, 0.1) is 0 Å². The molecule has 1 aliphatic rings. The van der Waals surface area contributed by atoms with Gasteiger partial charge in [-0.15, -0.1) is 0 Å². The molecule has 1 fully saturated rings. The van der Waals surface area contributed by atoms with Crippen LogP contribution in [0.4, 0.5) is 0 Å². The van der Waals surface area contributed by atoms with Gasteiger partial charge in [-0.3, -0.25) is 14.7 Å². The Bertz CT molecular complexity index is 1360. The predicted molar refractivity (Wildman–Crippen MR) is 140 cm³/mol. The van der Waals surface area contributed by atoms with Gasteiger partial charge in [0.2, 0.25) is 0 Å². The number of rotatable bonds is 6. The molecule has 0 N–H and O–H groups in total. The second-order valence-electron chi connectivity index (χ2n) is 7.99. The lowest BCUT2D eigenvalue weighted by Crippen LogP contribution is -2.27. The van der Waals surface area contributed by atoms with Crippen LogP contribution in [0.15, 0.2) is 84.2 Å². The van der Waals surface area contributed by atoms with E-state index in [1.165, 1.54) is 28.4 Å². The molecule has 2 aromatic heterocycles. The van der Waals surface area contributed by atoms with Crippen molar-refractivity contribution in [3.63, 3.8) is 0 Å². The Labute approximate surface area is 202 Å². The van der Waals surface area contributed by atoms with E-state index >= 15 is 0 Å². The van der Waals surface area contributed by atoms with E-state index < -0.39 is 0 Å². The van der Waals surface area contributed by atoms with Gasteiger partial charge in [0.25, 0.3) is 5.91 Å². The third-order valence-corrected chi connectivity index (χ3v) is 7.19. The van der Waals surface area contributed by atoms with Crippen LogP contribution in [0.25, 0.3) is 17.0 Å². The third kappa shape index (κ3) is 4.36. The molecule has 164 valence electrons. The highest BCUT2D eigenvalue weighted by molar-refractivity contribution is 8.26. The maximum atomic E-state index is 13.2. The maximum absolute atomic E-state index is 13.2. The zero-order valence-corrected chi connectivity index (χ0v) is 19.9. The molecule has 6 heteroatoms. The predicted octanol–water partition coefficient (Wildman–Crippen LogP) is 6.05. The van der Waals surface area contributed by atoms with Gasteiger partial charge in [-0.05, 0) is 35.3 Å². The molecule has 1 saturated heterocycles. The molecular weight excluding hydrogens is 446 g/mol. The maximum Gasteiger partial charge on any atom is 0.266 e. The molecule has 0 bridgehead atoms. The summed E-state index contributed by atoms with van der Waals surface area (Å²) in [4.78, 5) is 19.7. The first-order chi connectivity index (χ1) is 16.1. The van der Waals surface area contributed by atoms with E-state index in [1.807, 2.05) is 24.3 Å². The first-order valence-electron chi connectivity index (χ1n) is 10.9. The summed E-state index contributed by atoms with van der Waals surface area (Å²) in [6, 6.07) is 20.7. The Morgan fingerprint density at radius 2 is 1.82 bits per heavy atom. The molecule has 5 rings (SSSR count). The third-order valence-electron chi connectivity index (χ3n) is 5.81. The van der Waals surface area contributed by atoms with E-state index in [9.17, 15) is 4.79 Å². The SMILES string of the molecule is CCc1cccc2c(/C=C3\SC(=S)N(Cc4cccnc4)C3=O)cn(Cc3ccccc3)c12. The van der Waals surface area contributed by atoms with Gasteiger partial charge in [0.05, 0.1) is 17.0 Å². The average molecular weight is 470 g/mol. The molecule has 33 heavy (non-hydrogen) atoms. The molecule has 1 aliphatic heterocycles. The van der Waals surface area contributed by atoms with Gasteiger partial charge in [-0.25, -0.2) is 0 Å². The zero-order valence-electron chi connectivity index (χ0n) is 18.3. The smallest absolute Gasteiger partial charge is 0.266 e. The Balaban J connectivity index is 1.52. The second-order valence-corrected chi connectivity index (χ2v) is 9.67. The summed E-state index contributed by atoms with van der Waals surface area (Å²) >= 11 is 6.91. The molecule has 0 atom stereocenters. The summed E-state index contributed by atoms with van der Waals surface area (Å²) in [5.41, 5.74) is 5.77. The second kappa shape index (κ2) is 9.33. The Morgan fingerprint density at radius 1 is 1.00 bits per heavy atom. The lowest BCUT2D eigenvalue weighted by atomic mass is 10.1. The van der Waals surface area contributed by atoms with Crippen LogP contribution < -0.4 is 0 Å². The zero-order chi connectivity index (χ0) is 22.8. The minimum atomic E-state index is -0.0514. The highest BCUT2D eigenvalue weighted by Crippen LogP contribution is 2.36. The monoisotopic (exact) mass is 469 g/mol. The molecule has 3 heterocycles. The van der Waals surface area contributed by atoms with E-state index in [-0.39, 0.29) is 5.91 Å². The minimum Gasteiger partial charge on any atom is -0.342 e. The van der Waals surface area contributed by atoms with Gasteiger partial charge >= 0.3 is 0 Å². The molecule has 4 aromatic rings. The van der Waals surface area contributed by atoms with Crippen molar-refractivity contribution in [1.82, 2.24) is 14.5 Å². The number of aryl methyl sites for hydroxylation is 1. The van der Waals surface area contributed by atoms with Crippen molar-refractivity contribution in [1.29, 1.82) is 0 Å². The fourth-order valence-corrected chi connectivity index (χ4v) is 5.47. The van der Waals surface area contributed by atoms with Crippen LogP contribution in [0.3, 0.4) is 0 Å². The summed E-state index contributed by atoms with van der Waals surface area (Å²) < 4.78 is 2.88. The van der Waals surface area contributed by atoms with E-state index in [0.717, 1.165) is 29.5 Å². The van der Waals surface area contributed by atoms with Crippen LogP contribution >= 0.6 is 24.0 Å². The molecule has 1 amide bonds. The molecule has 2 aromatic carbocycles. The average Bonchev–Trinajstić information content (AvgIpc) is 3.32. The lowest BCUT2D eigenvalue weighted by molar-refractivity contribution is -0.122. The summed E-state index contributed by atoms with van der Waals surface area (Å²) in [5, 5.41) is 1.16. The number of benzene rings is 2. The number of nitrogens with zero attached hydrogens (tertiary/aromatic N) is 3. The van der Waals surface area contributed by atoms with Crippen molar-refractivity contribution in [2.75, 3.05) is 0 Å². The topological polar surface area (TPSA) is 38.1 Å². The fourth-order valence-electron chi connectivity index (χ4n) is 4.22. The first kappa shape index (κ1) is 21.6. The van der Waals surface area contributed by atoms with Gasteiger partial charge in [-0.2, -0.15) is 0 Å². The Morgan fingerprint density at radius 3 is 2.58 bits per heavy atom. The van der Waals surface area contributed by atoms with Crippen LogP contribution in [0.5, 0.6) is 0 Å². The first-order valence-corrected chi connectivity index (χ1v) is 12.2. The molecule has 0 radical (unpaired) electrons. The normalized spacial score (nSPS) is 15.2. The standard InChI is InChI=1S/C27H23N3OS2/c1-2-21-11-6-12-23-22(18-29(25(21)23)16-19-8-4-3-5-9-19)14-24-26(31)30(27(32)33-24)17-20-10-7-13-28-15-20/h3-15,18H,2,16-17H2,1H3/b24-14-. The Hall–Kier alpha value is -3.22. The van der Waals surface area contributed by atoms with Crippen LogP contribution in [-0.4, -0.2) is 24.7 Å². The van der Waals surface area contributed by atoms with E-state index in [2.05, 4.69) is 65.1 Å². The molecular formula is C27H23N3OS2. The number of para-hydroxylation sites is 1. The van der Waals surface area contributed by atoms with E-state index in [0.29, 0.717) is 15.8 Å². The summed E-state index contributed by atoms with van der Waals surface area (Å²) in [6.07, 6.45) is 8.59. The number of hydrogen-bond acceptors (Lipinski definition) is 4. The number of thioether (sulfide) groups is 1. The number of fused-ring (bicyclic) bond motifs is 1. The summed E-state index contributed by atoms with van der Waals surface area (Å²) in [5.74, 6) is -0.0514. The quantitative estimate of drug-likeness (QED) is 0.255. The van der Waals surface area contributed by atoms with Crippen molar-refractivity contribution in [2.24, 2.45) is 0 Å². The summed E-state index contributed by atoms with van der Waals surface area (Å²) in [7, 11) is 0. The number of amides is 1. The van der Waals surface area contributed by atoms with Crippen LogP contribution in [0.1, 0.15) is 29.2 Å². The van der Waals surface area contributed by atoms with Crippen molar-refractivity contribution < 1.29 is 4.79 Å². The largest absolute Gasteiger partial charge is 0.342 e. The minimum absolute atomic E-state index is 0.0514. The number of carbonyl (C=O) groups is 1. The number of aromatic nitrogens is 2. The van der Waals surface area contributed by atoms with Gasteiger partial charge in [0.15, 0.2) is 0 Å². The molecule has 0 unspecified atom stereocenters. The van der Waals surface area contributed by atoms with Gasteiger partial charge in [0, 0.05) is 36.1 Å². The van der Waals surface area contributed by atoms with Crippen LogP contribution in [-0.2, 0) is 24.3 Å². The molecule has 0 aliphatic carbocycles. The van der Waals surface area contributed by atoms with Gasteiger partial charge < -0.3 is 4.57 Å². The van der Waals surface area contributed by atoms with Gasteiger partial charge in [0.1, 0.15) is 4.32 Å². The van der Waals surface area contributed by atoms with Crippen molar-refractivity contribution >= 4 is 51.2 Å². The highest BCUT2D eigenvalue weighted by atomic mass is 32.2. The number of carbonyl (C=O) groups excluding carboxylic acids is 1. The van der Waals surface area contributed by atoms with Crippen molar-refractivity contribution in [3.05, 3.63) is 106 Å². The number of hydrogen-bond donors (Lipinski definition) is 0. The van der Waals surface area contributed by atoms with Crippen molar-refractivity contribution in [3.8, 4) is 0 Å². The number of thiocarbonyl (C=S) groups is 1. The number of pyridine rings is 1. The molecule has 0 spiro atoms. The van der Waals surface area contributed by atoms with Crippen molar-refractivity contribution in [2.45, 2.75) is 26.4 Å². The Kier molecular flexibility index (Phi) is 6.11. The van der Waals surface area contributed by atoms with Crippen LogP contribution in [0.2, 0.25) is 0 Å². The van der Waals surface area contributed by atoms with Gasteiger partial charge in [-0.1, -0.05) is 85.5 Å². The molecule has 4 nitrogen and oxygen atoms in total.